The molecule has 0 N–H and O–H groups in total. The lowest BCUT2D eigenvalue weighted by Crippen LogP contribution is -2.04. The van der Waals surface area contributed by atoms with Gasteiger partial charge in [-0.2, -0.15) is 0 Å². The second-order valence-electron chi connectivity index (χ2n) is 4.66. The third kappa shape index (κ3) is 2.91. The van der Waals surface area contributed by atoms with Gasteiger partial charge in [0.05, 0.1) is 10.4 Å². The summed E-state index contributed by atoms with van der Waals surface area (Å²) in [6.07, 6.45) is 0. The van der Waals surface area contributed by atoms with Crippen molar-refractivity contribution >= 4 is 33.1 Å². The van der Waals surface area contributed by atoms with Gasteiger partial charge >= 0.3 is 0 Å². The van der Waals surface area contributed by atoms with Crippen LogP contribution in [0.15, 0.2) is 70.6 Å². The van der Waals surface area contributed by atoms with Crippen molar-refractivity contribution in [2.24, 2.45) is 0 Å². The maximum atomic E-state index is 12.5. The SMILES string of the molecule is Cc1ccc(S(=O)(=O)c2ccc3ccccc3n2)cc1.Cl. The van der Waals surface area contributed by atoms with Crippen LogP contribution in [0, 0.1) is 6.92 Å². The Bertz CT molecular complexity index is 874. The van der Waals surface area contributed by atoms with Crippen molar-refractivity contribution in [1.82, 2.24) is 4.98 Å². The van der Waals surface area contributed by atoms with Crippen LogP contribution in [0.2, 0.25) is 0 Å². The Kier molecular flexibility index (Phi) is 4.30. The fourth-order valence-electron chi connectivity index (χ4n) is 2.04. The van der Waals surface area contributed by atoms with Gasteiger partial charge in [0, 0.05) is 5.39 Å². The van der Waals surface area contributed by atoms with E-state index in [0.717, 1.165) is 10.9 Å². The average molecular weight is 320 g/mol. The fourth-order valence-corrected chi connectivity index (χ4v) is 3.24. The Morgan fingerprint density at radius 1 is 0.857 bits per heavy atom. The zero-order valence-corrected chi connectivity index (χ0v) is 13.0. The van der Waals surface area contributed by atoms with Crippen LogP contribution in [-0.2, 0) is 9.84 Å². The molecule has 1 aromatic heterocycles. The summed E-state index contributed by atoms with van der Waals surface area (Å²) >= 11 is 0. The maximum Gasteiger partial charge on any atom is 0.223 e. The van der Waals surface area contributed by atoms with Crippen LogP contribution >= 0.6 is 12.4 Å². The van der Waals surface area contributed by atoms with Crippen LogP contribution in [0.5, 0.6) is 0 Å². The molecule has 0 unspecified atom stereocenters. The van der Waals surface area contributed by atoms with Gasteiger partial charge in [-0.15, -0.1) is 12.4 Å². The van der Waals surface area contributed by atoms with Crippen molar-refractivity contribution in [2.45, 2.75) is 16.8 Å². The van der Waals surface area contributed by atoms with E-state index in [9.17, 15) is 8.42 Å². The third-order valence-electron chi connectivity index (χ3n) is 3.18. The van der Waals surface area contributed by atoms with E-state index in [1.54, 1.807) is 36.4 Å². The zero-order valence-electron chi connectivity index (χ0n) is 11.4. The number of nitrogens with zero attached hydrogens (tertiary/aromatic N) is 1. The number of para-hydroxylation sites is 1. The Morgan fingerprint density at radius 3 is 2.24 bits per heavy atom. The van der Waals surface area contributed by atoms with Crippen molar-refractivity contribution < 1.29 is 8.42 Å². The molecule has 3 nitrogen and oxygen atoms in total. The van der Waals surface area contributed by atoms with Gasteiger partial charge in [0.25, 0.3) is 0 Å². The van der Waals surface area contributed by atoms with E-state index in [1.807, 2.05) is 31.2 Å². The maximum absolute atomic E-state index is 12.5. The summed E-state index contributed by atoms with van der Waals surface area (Å²) < 4.78 is 25.1. The number of pyridine rings is 1. The van der Waals surface area contributed by atoms with E-state index in [0.29, 0.717) is 5.52 Å². The zero-order chi connectivity index (χ0) is 14.2. The summed E-state index contributed by atoms with van der Waals surface area (Å²) in [4.78, 5) is 4.53. The average Bonchev–Trinajstić information content (AvgIpc) is 2.47. The molecule has 0 saturated carbocycles. The number of aryl methyl sites for hydroxylation is 1. The Morgan fingerprint density at radius 2 is 1.52 bits per heavy atom. The molecular weight excluding hydrogens is 306 g/mol. The minimum atomic E-state index is -3.56. The molecule has 108 valence electrons. The number of hydrogen-bond acceptors (Lipinski definition) is 3. The number of aromatic nitrogens is 1. The van der Waals surface area contributed by atoms with Gasteiger partial charge in [0.15, 0.2) is 5.03 Å². The molecule has 0 aliphatic carbocycles. The third-order valence-corrected chi connectivity index (χ3v) is 4.85. The van der Waals surface area contributed by atoms with Gasteiger partial charge < -0.3 is 0 Å². The Balaban J connectivity index is 0.00000161. The van der Waals surface area contributed by atoms with Gasteiger partial charge in [-0.3, -0.25) is 0 Å². The summed E-state index contributed by atoms with van der Waals surface area (Å²) in [7, 11) is -3.56. The number of fused-ring (bicyclic) bond motifs is 1. The van der Waals surface area contributed by atoms with Gasteiger partial charge in [0.2, 0.25) is 9.84 Å². The van der Waals surface area contributed by atoms with Gasteiger partial charge in [-0.1, -0.05) is 35.9 Å². The Labute approximate surface area is 130 Å². The van der Waals surface area contributed by atoms with Gasteiger partial charge in [-0.05, 0) is 37.3 Å². The largest absolute Gasteiger partial charge is 0.236 e. The highest BCUT2D eigenvalue weighted by Gasteiger charge is 2.19. The number of hydrogen-bond donors (Lipinski definition) is 0. The highest BCUT2D eigenvalue weighted by molar-refractivity contribution is 7.91. The first kappa shape index (κ1) is 15.5. The first-order valence-electron chi connectivity index (χ1n) is 6.25. The highest BCUT2D eigenvalue weighted by atomic mass is 35.5. The minimum absolute atomic E-state index is 0. The smallest absolute Gasteiger partial charge is 0.223 e. The molecule has 0 aliphatic heterocycles. The topological polar surface area (TPSA) is 47.0 Å². The summed E-state index contributed by atoms with van der Waals surface area (Å²) in [6, 6.07) is 17.6. The molecule has 2 aromatic carbocycles. The molecule has 1 heterocycles. The number of halogens is 1. The van der Waals surface area contributed by atoms with E-state index in [-0.39, 0.29) is 22.3 Å². The van der Waals surface area contributed by atoms with Crippen LogP contribution in [-0.4, -0.2) is 13.4 Å². The van der Waals surface area contributed by atoms with Crippen molar-refractivity contribution in [3.05, 3.63) is 66.2 Å². The number of benzene rings is 2. The molecule has 5 heteroatoms. The van der Waals surface area contributed by atoms with Crippen LogP contribution < -0.4 is 0 Å². The van der Waals surface area contributed by atoms with Crippen molar-refractivity contribution in [3.8, 4) is 0 Å². The molecule has 0 bridgehead atoms. The molecule has 0 saturated heterocycles. The molecule has 0 radical (unpaired) electrons. The van der Waals surface area contributed by atoms with Crippen LogP contribution in [0.3, 0.4) is 0 Å². The molecule has 0 fully saturated rings. The second kappa shape index (κ2) is 5.84. The molecule has 3 aromatic rings. The summed E-state index contributed by atoms with van der Waals surface area (Å²) in [6.45, 7) is 1.92. The Hall–Kier alpha value is -1.91. The van der Waals surface area contributed by atoms with Crippen molar-refractivity contribution in [3.63, 3.8) is 0 Å². The normalized spacial score (nSPS) is 11.1. The minimum Gasteiger partial charge on any atom is -0.236 e. The molecule has 0 spiro atoms. The quantitative estimate of drug-likeness (QED) is 0.722. The fraction of sp³-hybridized carbons (Fsp3) is 0.0625. The predicted octanol–water partition coefficient (Wildman–Crippen LogP) is 3.80. The van der Waals surface area contributed by atoms with E-state index >= 15 is 0 Å². The lowest BCUT2D eigenvalue weighted by atomic mass is 10.2. The lowest BCUT2D eigenvalue weighted by molar-refractivity contribution is 0.593. The predicted molar refractivity (Wildman–Crippen MR) is 85.6 cm³/mol. The van der Waals surface area contributed by atoms with Crippen molar-refractivity contribution in [2.75, 3.05) is 0 Å². The first-order valence-corrected chi connectivity index (χ1v) is 7.73. The van der Waals surface area contributed by atoms with Gasteiger partial charge in [0.1, 0.15) is 0 Å². The second-order valence-corrected chi connectivity index (χ2v) is 6.56. The summed E-state index contributed by atoms with van der Waals surface area (Å²) in [5.74, 6) is 0. The molecular formula is C16H14ClNO2S. The molecule has 21 heavy (non-hydrogen) atoms. The summed E-state index contributed by atoms with van der Waals surface area (Å²) in [5, 5.41) is 1.01. The molecule has 3 rings (SSSR count). The molecule has 0 atom stereocenters. The monoisotopic (exact) mass is 319 g/mol. The van der Waals surface area contributed by atoms with E-state index < -0.39 is 9.84 Å². The standard InChI is InChI=1S/C16H13NO2S.ClH/c1-12-6-9-14(10-7-12)20(18,19)16-11-8-13-4-2-3-5-15(13)17-16;/h2-11H,1H3;1H. The first-order chi connectivity index (χ1) is 9.57. The van der Waals surface area contributed by atoms with E-state index in [4.69, 9.17) is 0 Å². The van der Waals surface area contributed by atoms with Crippen molar-refractivity contribution in [1.29, 1.82) is 0 Å². The molecule has 0 amide bonds. The highest BCUT2D eigenvalue weighted by Crippen LogP contribution is 2.22. The van der Waals surface area contributed by atoms with E-state index in [2.05, 4.69) is 4.98 Å². The lowest BCUT2D eigenvalue weighted by Gasteiger charge is -2.05. The number of rotatable bonds is 2. The van der Waals surface area contributed by atoms with E-state index in [1.165, 1.54) is 0 Å². The van der Waals surface area contributed by atoms with Gasteiger partial charge in [-0.25, -0.2) is 13.4 Å². The van der Waals surface area contributed by atoms with Crippen LogP contribution in [0.4, 0.5) is 0 Å². The molecule has 0 aliphatic rings. The number of sulfone groups is 1. The summed E-state index contributed by atoms with van der Waals surface area (Å²) in [5.41, 5.74) is 1.70. The van der Waals surface area contributed by atoms with Crippen LogP contribution in [0.25, 0.3) is 10.9 Å². The van der Waals surface area contributed by atoms with Crippen LogP contribution in [0.1, 0.15) is 5.56 Å².